The molecule has 0 aliphatic rings. The number of hydrogen-bond acceptors (Lipinski definition) is 3. The standard InChI is InChI=1S/C16H27NO2/c1-5-14(17-7-3)13-10-8-9-11-15(13)19-12-16(4,18)6-2/h8-11,14,17-18H,5-7,12H2,1-4H3. The summed E-state index contributed by atoms with van der Waals surface area (Å²) in [6, 6.07) is 8.36. The maximum absolute atomic E-state index is 10.0. The van der Waals surface area contributed by atoms with E-state index in [0.29, 0.717) is 19.1 Å². The SMILES string of the molecule is CCNC(CC)c1ccccc1OCC(C)(O)CC. The Morgan fingerprint density at radius 1 is 1.26 bits per heavy atom. The van der Waals surface area contributed by atoms with Crippen molar-refractivity contribution in [2.45, 2.75) is 52.2 Å². The second kappa shape index (κ2) is 7.51. The first-order valence-corrected chi connectivity index (χ1v) is 7.21. The van der Waals surface area contributed by atoms with E-state index in [4.69, 9.17) is 4.74 Å². The smallest absolute Gasteiger partial charge is 0.124 e. The second-order valence-corrected chi connectivity index (χ2v) is 5.20. The molecule has 0 aliphatic carbocycles. The minimum absolute atomic E-state index is 0.299. The fourth-order valence-electron chi connectivity index (χ4n) is 1.96. The van der Waals surface area contributed by atoms with Crippen LogP contribution in [-0.4, -0.2) is 23.9 Å². The first-order valence-electron chi connectivity index (χ1n) is 7.21. The average molecular weight is 265 g/mol. The van der Waals surface area contributed by atoms with Gasteiger partial charge in [0.1, 0.15) is 12.4 Å². The minimum atomic E-state index is -0.771. The van der Waals surface area contributed by atoms with Crippen molar-refractivity contribution in [3.63, 3.8) is 0 Å². The van der Waals surface area contributed by atoms with E-state index in [1.54, 1.807) is 6.92 Å². The zero-order chi connectivity index (χ0) is 14.3. The molecular formula is C16H27NO2. The number of hydrogen-bond donors (Lipinski definition) is 2. The van der Waals surface area contributed by atoms with Crippen molar-refractivity contribution >= 4 is 0 Å². The van der Waals surface area contributed by atoms with Gasteiger partial charge in [0.05, 0.1) is 5.60 Å². The third-order valence-corrected chi connectivity index (χ3v) is 3.45. The molecule has 1 aromatic carbocycles. The van der Waals surface area contributed by atoms with Crippen LogP contribution in [0.2, 0.25) is 0 Å². The van der Waals surface area contributed by atoms with Gasteiger partial charge in [-0.2, -0.15) is 0 Å². The van der Waals surface area contributed by atoms with Crippen LogP contribution in [0.5, 0.6) is 5.75 Å². The molecular weight excluding hydrogens is 238 g/mol. The van der Waals surface area contributed by atoms with E-state index in [9.17, 15) is 5.11 Å². The van der Waals surface area contributed by atoms with Crippen LogP contribution in [0.25, 0.3) is 0 Å². The lowest BCUT2D eigenvalue weighted by molar-refractivity contribution is 0.00802. The molecule has 2 N–H and O–H groups in total. The first-order chi connectivity index (χ1) is 9.04. The molecule has 0 amide bonds. The Balaban J connectivity index is 2.83. The topological polar surface area (TPSA) is 41.5 Å². The van der Waals surface area contributed by atoms with Crippen molar-refractivity contribution in [3.05, 3.63) is 29.8 Å². The van der Waals surface area contributed by atoms with Gasteiger partial charge < -0.3 is 15.2 Å². The molecule has 108 valence electrons. The highest BCUT2D eigenvalue weighted by atomic mass is 16.5. The summed E-state index contributed by atoms with van der Waals surface area (Å²) >= 11 is 0. The summed E-state index contributed by atoms with van der Waals surface area (Å²) in [4.78, 5) is 0. The quantitative estimate of drug-likeness (QED) is 0.758. The molecule has 0 heterocycles. The van der Waals surface area contributed by atoms with Crippen LogP contribution < -0.4 is 10.1 Å². The highest BCUT2D eigenvalue weighted by molar-refractivity contribution is 5.36. The summed E-state index contributed by atoms with van der Waals surface area (Å²) in [6.07, 6.45) is 1.69. The minimum Gasteiger partial charge on any atom is -0.490 e. The molecule has 0 aliphatic heterocycles. The molecule has 1 aromatic rings. The van der Waals surface area contributed by atoms with E-state index in [-0.39, 0.29) is 0 Å². The number of aliphatic hydroxyl groups is 1. The summed E-state index contributed by atoms with van der Waals surface area (Å²) in [5.41, 5.74) is 0.395. The monoisotopic (exact) mass is 265 g/mol. The maximum atomic E-state index is 10.0. The zero-order valence-corrected chi connectivity index (χ0v) is 12.6. The van der Waals surface area contributed by atoms with Gasteiger partial charge in [-0.1, -0.05) is 39.0 Å². The van der Waals surface area contributed by atoms with E-state index in [0.717, 1.165) is 18.7 Å². The Labute approximate surface area is 117 Å². The number of rotatable bonds is 8. The van der Waals surface area contributed by atoms with Gasteiger partial charge in [-0.25, -0.2) is 0 Å². The summed E-state index contributed by atoms with van der Waals surface area (Å²) in [6.45, 7) is 9.28. The van der Waals surface area contributed by atoms with Crippen LogP contribution in [0.3, 0.4) is 0 Å². The van der Waals surface area contributed by atoms with Crippen molar-refractivity contribution in [2.75, 3.05) is 13.2 Å². The fraction of sp³-hybridized carbons (Fsp3) is 0.625. The first kappa shape index (κ1) is 16.0. The Morgan fingerprint density at radius 2 is 1.95 bits per heavy atom. The normalized spacial score (nSPS) is 15.8. The predicted molar refractivity (Wildman–Crippen MR) is 79.6 cm³/mol. The Bertz CT molecular complexity index is 377. The van der Waals surface area contributed by atoms with E-state index in [1.165, 1.54) is 5.56 Å². The Kier molecular flexibility index (Phi) is 6.32. The largest absolute Gasteiger partial charge is 0.490 e. The van der Waals surface area contributed by atoms with E-state index >= 15 is 0 Å². The molecule has 1 rings (SSSR count). The molecule has 0 radical (unpaired) electrons. The number of benzene rings is 1. The predicted octanol–water partition coefficient (Wildman–Crippen LogP) is 3.29. The lowest BCUT2D eigenvalue weighted by Crippen LogP contribution is -2.31. The van der Waals surface area contributed by atoms with Gasteiger partial charge in [0, 0.05) is 11.6 Å². The highest BCUT2D eigenvalue weighted by Crippen LogP contribution is 2.28. The Hall–Kier alpha value is -1.06. The molecule has 0 spiro atoms. The Morgan fingerprint density at radius 3 is 2.53 bits per heavy atom. The third kappa shape index (κ3) is 4.84. The molecule has 0 saturated carbocycles. The summed E-state index contributed by atoms with van der Waals surface area (Å²) in [5.74, 6) is 0.865. The van der Waals surface area contributed by atoms with Gasteiger partial charge in [-0.15, -0.1) is 0 Å². The van der Waals surface area contributed by atoms with Crippen molar-refractivity contribution < 1.29 is 9.84 Å². The van der Waals surface area contributed by atoms with Crippen molar-refractivity contribution in [1.29, 1.82) is 0 Å². The highest BCUT2D eigenvalue weighted by Gasteiger charge is 2.20. The summed E-state index contributed by atoms with van der Waals surface area (Å²) in [7, 11) is 0. The van der Waals surface area contributed by atoms with E-state index in [2.05, 4.69) is 25.2 Å². The van der Waals surface area contributed by atoms with Gasteiger partial charge >= 0.3 is 0 Å². The van der Waals surface area contributed by atoms with Crippen LogP contribution in [0, 0.1) is 0 Å². The number of ether oxygens (including phenoxy) is 1. The van der Waals surface area contributed by atoms with Crippen molar-refractivity contribution in [3.8, 4) is 5.75 Å². The van der Waals surface area contributed by atoms with Gasteiger partial charge in [0.15, 0.2) is 0 Å². The molecule has 3 heteroatoms. The molecule has 0 aromatic heterocycles. The zero-order valence-electron chi connectivity index (χ0n) is 12.6. The van der Waals surface area contributed by atoms with Gasteiger partial charge in [0.25, 0.3) is 0 Å². The lowest BCUT2D eigenvalue weighted by Gasteiger charge is -2.24. The second-order valence-electron chi connectivity index (χ2n) is 5.20. The van der Waals surface area contributed by atoms with Crippen LogP contribution >= 0.6 is 0 Å². The molecule has 2 unspecified atom stereocenters. The van der Waals surface area contributed by atoms with Crippen molar-refractivity contribution in [2.24, 2.45) is 0 Å². The molecule has 19 heavy (non-hydrogen) atoms. The van der Waals surface area contributed by atoms with Gasteiger partial charge in [-0.05, 0) is 32.4 Å². The number of nitrogens with one attached hydrogen (secondary N) is 1. The molecule has 0 fully saturated rings. The average Bonchev–Trinajstić information content (AvgIpc) is 2.43. The van der Waals surface area contributed by atoms with Crippen LogP contribution in [0.15, 0.2) is 24.3 Å². The molecule has 3 nitrogen and oxygen atoms in total. The van der Waals surface area contributed by atoms with Gasteiger partial charge in [0.2, 0.25) is 0 Å². The fourth-order valence-corrected chi connectivity index (χ4v) is 1.96. The number of para-hydroxylation sites is 1. The van der Waals surface area contributed by atoms with Crippen LogP contribution in [0.1, 0.15) is 52.1 Å². The van der Waals surface area contributed by atoms with Gasteiger partial charge in [-0.3, -0.25) is 0 Å². The molecule has 0 saturated heterocycles. The van der Waals surface area contributed by atoms with Crippen molar-refractivity contribution in [1.82, 2.24) is 5.32 Å². The lowest BCUT2D eigenvalue weighted by atomic mass is 10.0. The van der Waals surface area contributed by atoms with Crippen LogP contribution in [-0.2, 0) is 0 Å². The van der Waals surface area contributed by atoms with E-state index in [1.807, 2.05) is 25.1 Å². The molecule has 0 bridgehead atoms. The third-order valence-electron chi connectivity index (χ3n) is 3.45. The maximum Gasteiger partial charge on any atom is 0.124 e. The van der Waals surface area contributed by atoms with E-state index < -0.39 is 5.60 Å². The summed E-state index contributed by atoms with van der Waals surface area (Å²) < 4.78 is 5.83. The summed E-state index contributed by atoms with van der Waals surface area (Å²) in [5, 5.41) is 13.5. The van der Waals surface area contributed by atoms with Crippen LogP contribution in [0.4, 0.5) is 0 Å². The molecule has 2 atom stereocenters.